The van der Waals surface area contributed by atoms with Crippen LogP contribution in [0.3, 0.4) is 0 Å². The Hall–Kier alpha value is -2.54. The summed E-state index contributed by atoms with van der Waals surface area (Å²) in [5, 5.41) is 3.50. The van der Waals surface area contributed by atoms with Gasteiger partial charge in [-0.1, -0.05) is 41.4 Å². The number of amides is 1. The first-order valence-electron chi connectivity index (χ1n) is 8.21. The average Bonchev–Trinajstić information content (AvgIpc) is 2.66. The van der Waals surface area contributed by atoms with Gasteiger partial charge in [0.05, 0.1) is 21.3 Å². The lowest BCUT2D eigenvalue weighted by molar-refractivity contribution is 0.102. The summed E-state index contributed by atoms with van der Waals surface area (Å²) in [5.41, 5.74) is 1.80. The topological polar surface area (TPSA) is 75.3 Å². The van der Waals surface area contributed by atoms with Crippen LogP contribution in [0.15, 0.2) is 71.6 Å². The van der Waals surface area contributed by atoms with Crippen LogP contribution in [0.2, 0.25) is 10.0 Å². The largest absolute Gasteiger partial charge is 0.321 e. The zero-order chi connectivity index (χ0) is 20.3. The van der Waals surface area contributed by atoms with Crippen LogP contribution in [0.25, 0.3) is 0 Å². The molecule has 0 aliphatic carbocycles. The Bertz CT molecular complexity index is 1130. The zero-order valence-electron chi connectivity index (χ0n) is 14.7. The van der Waals surface area contributed by atoms with E-state index in [0.29, 0.717) is 32.5 Å². The average molecular weight is 435 g/mol. The van der Waals surface area contributed by atoms with Gasteiger partial charge in [0.15, 0.2) is 0 Å². The van der Waals surface area contributed by atoms with Crippen molar-refractivity contribution in [2.24, 2.45) is 0 Å². The molecule has 144 valence electrons. The Morgan fingerprint density at radius 3 is 2.21 bits per heavy atom. The first kappa shape index (κ1) is 20.2. The monoisotopic (exact) mass is 434 g/mol. The number of nitrogens with one attached hydrogen (secondary N) is 2. The number of sulfonamides is 1. The number of aryl methyl sites for hydroxylation is 1. The molecule has 0 aromatic heterocycles. The maximum absolute atomic E-state index is 12.5. The van der Waals surface area contributed by atoms with Crippen molar-refractivity contribution in [2.45, 2.75) is 11.8 Å². The van der Waals surface area contributed by atoms with Crippen LogP contribution < -0.4 is 10.0 Å². The standard InChI is InChI=1S/C20H16Cl2N2O3S/c1-13-11-14(20(25)23-19-10-8-15(21)12-17(19)22)7-9-18(13)24-28(26,27)16-5-3-2-4-6-16/h2-12,24H,1H3,(H,23,25). The summed E-state index contributed by atoms with van der Waals surface area (Å²) in [6.07, 6.45) is 0. The van der Waals surface area contributed by atoms with Crippen LogP contribution >= 0.6 is 23.2 Å². The molecule has 1 amide bonds. The molecule has 3 rings (SSSR count). The Balaban J connectivity index is 1.79. The number of halogens is 2. The summed E-state index contributed by atoms with van der Waals surface area (Å²) in [6, 6.07) is 17.5. The van der Waals surface area contributed by atoms with Crippen LogP contribution in [0, 0.1) is 6.92 Å². The Labute approximate surface area is 173 Å². The molecule has 28 heavy (non-hydrogen) atoms. The summed E-state index contributed by atoms with van der Waals surface area (Å²) < 4.78 is 27.5. The van der Waals surface area contributed by atoms with Crippen LogP contribution in [0.5, 0.6) is 0 Å². The highest BCUT2D eigenvalue weighted by Crippen LogP contribution is 2.26. The minimum atomic E-state index is -3.71. The first-order valence-corrected chi connectivity index (χ1v) is 10.4. The molecule has 0 radical (unpaired) electrons. The van der Waals surface area contributed by atoms with E-state index in [2.05, 4.69) is 10.0 Å². The highest BCUT2D eigenvalue weighted by molar-refractivity contribution is 7.92. The molecule has 0 bridgehead atoms. The third-order valence-corrected chi connectivity index (χ3v) is 5.89. The van der Waals surface area contributed by atoms with Crippen molar-refractivity contribution in [1.29, 1.82) is 0 Å². The quantitative estimate of drug-likeness (QED) is 0.567. The lowest BCUT2D eigenvalue weighted by atomic mass is 10.1. The van der Waals surface area contributed by atoms with Gasteiger partial charge in [-0.25, -0.2) is 8.42 Å². The molecule has 8 heteroatoms. The lowest BCUT2D eigenvalue weighted by Gasteiger charge is -2.12. The second kappa shape index (κ2) is 8.22. The number of benzene rings is 3. The van der Waals surface area contributed by atoms with Crippen molar-refractivity contribution in [2.75, 3.05) is 10.0 Å². The van der Waals surface area contributed by atoms with Crippen molar-refractivity contribution in [1.82, 2.24) is 0 Å². The predicted octanol–water partition coefficient (Wildman–Crippen LogP) is 5.35. The Morgan fingerprint density at radius 2 is 1.57 bits per heavy atom. The summed E-state index contributed by atoms with van der Waals surface area (Å²) in [7, 11) is -3.71. The van der Waals surface area contributed by atoms with Crippen molar-refractivity contribution in [3.63, 3.8) is 0 Å². The van der Waals surface area contributed by atoms with Gasteiger partial charge in [0.2, 0.25) is 0 Å². The van der Waals surface area contributed by atoms with Crippen LogP contribution in [-0.2, 0) is 10.0 Å². The maximum atomic E-state index is 12.5. The Kier molecular flexibility index (Phi) is 5.93. The Morgan fingerprint density at radius 1 is 0.893 bits per heavy atom. The number of hydrogen-bond donors (Lipinski definition) is 2. The number of anilines is 2. The summed E-state index contributed by atoms with van der Waals surface area (Å²) in [6.45, 7) is 1.72. The molecule has 2 N–H and O–H groups in total. The van der Waals surface area contributed by atoms with Gasteiger partial charge in [-0.05, 0) is 61.0 Å². The summed E-state index contributed by atoms with van der Waals surface area (Å²) in [5.74, 6) is -0.371. The number of carbonyl (C=O) groups excluding carboxylic acids is 1. The molecule has 0 aliphatic heterocycles. The molecule has 0 fully saturated rings. The van der Waals surface area contributed by atoms with Gasteiger partial charge in [0, 0.05) is 10.6 Å². The van der Waals surface area contributed by atoms with Crippen LogP contribution in [-0.4, -0.2) is 14.3 Å². The van der Waals surface area contributed by atoms with Gasteiger partial charge in [0.1, 0.15) is 0 Å². The van der Waals surface area contributed by atoms with E-state index in [1.807, 2.05) is 0 Å². The van der Waals surface area contributed by atoms with Crippen molar-refractivity contribution >= 4 is 50.5 Å². The maximum Gasteiger partial charge on any atom is 0.261 e. The van der Waals surface area contributed by atoms with Crippen LogP contribution in [0.1, 0.15) is 15.9 Å². The zero-order valence-corrected chi connectivity index (χ0v) is 17.1. The van der Waals surface area contributed by atoms with Gasteiger partial charge in [0.25, 0.3) is 15.9 Å². The molecule has 5 nitrogen and oxygen atoms in total. The van der Waals surface area contributed by atoms with E-state index < -0.39 is 10.0 Å². The molecule has 3 aromatic rings. The molecule has 0 atom stereocenters. The molecular formula is C20H16Cl2N2O3S. The molecule has 0 unspecified atom stereocenters. The second-order valence-corrected chi connectivity index (χ2v) is 8.55. The van der Waals surface area contributed by atoms with E-state index >= 15 is 0 Å². The van der Waals surface area contributed by atoms with E-state index in [4.69, 9.17) is 23.2 Å². The normalized spacial score (nSPS) is 11.1. The first-order chi connectivity index (χ1) is 13.3. The fourth-order valence-electron chi connectivity index (χ4n) is 2.51. The van der Waals surface area contributed by atoms with E-state index in [-0.39, 0.29) is 10.8 Å². The van der Waals surface area contributed by atoms with Gasteiger partial charge < -0.3 is 5.32 Å². The molecule has 0 aliphatic rings. The number of carbonyl (C=O) groups is 1. The van der Waals surface area contributed by atoms with Gasteiger partial charge >= 0.3 is 0 Å². The SMILES string of the molecule is Cc1cc(C(=O)Nc2ccc(Cl)cc2Cl)ccc1NS(=O)(=O)c1ccccc1. The smallest absolute Gasteiger partial charge is 0.261 e. The summed E-state index contributed by atoms with van der Waals surface area (Å²) in [4.78, 5) is 12.6. The van der Waals surface area contributed by atoms with Crippen LogP contribution in [0.4, 0.5) is 11.4 Å². The molecule has 0 spiro atoms. The van der Waals surface area contributed by atoms with Gasteiger partial charge in [-0.3, -0.25) is 9.52 Å². The highest BCUT2D eigenvalue weighted by atomic mass is 35.5. The minimum absolute atomic E-state index is 0.161. The predicted molar refractivity (Wildman–Crippen MR) is 113 cm³/mol. The molecule has 0 saturated heterocycles. The van der Waals surface area contributed by atoms with Crippen molar-refractivity contribution in [3.05, 3.63) is 87.9 Å². The number of rotatable bonds is 5. The highest BCUT2D eigenvalue weighted by Gasteiger charge is 2.16. The third kappa shape index (κ3) is 4.65. The van der Waals surface area contributed by atoms with Gasteiger partial charge in [-0.2, -0.15) is 0 Å². The lowest BCUT2D eigenvalue weighted by Crippen LogP contribution is -2.15. The van der Waals surface area contributed by atoms with Crippen molar-refractivity contribution in [3.8, 4) is 0 Å². The van der Waals surface area contributed by atoms with E-state index in [0.717, 1.165) is 0 Å². The van der Waals surface area contributed by atoms with E-state index in [1.54, 1.807) is 49.4 Å². The summed E-state index contributed by atoms with van der Waals surface area (Å²) >= 11 is 11.9. The fourth-order valence-corrected chi connectivity index (χ4v) is 4.12. The van der Waals surface area contributed by atoms with Gasteiger partial charge in [-0.15, -0.1) is 0 Å². The molecule has 3 aromatic carbocycles. The van der Waals surface area contributed by atoms with E-state index in [1.165, 1.54) is 24.3 Å². The molecule has 0 heterocycles. The molecule has 0 saturated carbocycles. The number of hydrogen-bond acceptors (Lipinski definition) is 3. The third-order valence-electron chi connectivity index (χ3n) is 3.97. The minimum Gasteiger partial charge on any atom is -0.321 e. The molecular weight excluding hydrogens is 419 g/mol. The fraction of sp³-hybridized carbons (Fsp3) is 0.0500. The van der Waals surface area contributed by atoms with Crippen molar-refractivity contribution < 1.29 is 13.2 Å². The second-order valence-electron chi connectivity index (χ2n) is 6.03. The van der Waals surface area contributed by atoms with E-state index in [9.17, 15) is 13.2 Å².